The highest BCUT2D eigenvalue weighted by Gasteiger charge is 2.22. The minimum Gasteiger partial charge on any atom is -0.340 e. The van der Waals surface area contributed by atoms with Crippen LogP contribution in [0.15, 0.2) is 24.3 Å². The highest BCUT2D eigenvalue weighted by Crippen LogP contribution is 2.11. The molecule has 0 unspecified atom stereocenters. The molecule has 1 aliphatic rings. The third kappa shape index (κ3) is 7.12. The van der Waals surface area contributed by atoms with Crippen LogP contribution in [0.4, 0.5) is 10.1 Å². The van der Waals surface area contributed by atoms with E-state index < -0.39 is 0 Å². The summed E-state index contributed by atoms with van der Waals surface area (Å²) in [6, 6.07) is 5.74. The number of carbonyl (C=O) groups excluding carboxylic acids is 2. The summed E-state index contributed by atoms with van der Waals surface area (Å²) in [5, 5.41) is 2.77. The molecule has 1 N–H and O–H groups in total. The van der Waals surface area contributed by atoms with Crippen LogP contribution in [-0.4, -0.2) is 54.3 Å². The molecule has 1 aromatic carbocycles. The van der Waals surface area contributed by atoms with Crippen LogP contribution in [0.2, 0.25) is 0 Å². The fraction of sp³-hybridized carbons (Fsp3) is 0.600. The van der Waals surface area contributed by atoms with E-state index in [1.54, 1.807) is 12.1 Å². The van der Waals surface area contributed by atoms with Gasteiger partial charge in [0.15, 0.2) is 0 Å². The van der Waals surface area contributed by atoms with Crippen LogP contribution in [-0.2, 0) is 9.59 Å². The first-order valence-corrected chi connectivity index (χ1v) is 9.64. The molecule has 1 heterocycles. The predicted octanol–water partition coefficient (Wildman–Crippen LogP) is 3.27. The van der Waals surface area contributed by atoms with Crippen molar-refractivity contribution in [3.8, 4) is 0 Å². The topological polar surface area (TPSA) is 52.7 Å². The Kier molecular flexibility index (Phi) is 8.54. The van der Waals surface area contributed by atoms with E-state index in [1.807, 2.05) is 9.80 Å². The molecule has 0 aromatic heterocycles. The van der Waals surface area contributed by atoms with Gasteiger partial charge >= 0.3 is 0 Å². The first kappa shape index (κ1) is 20.4. The van der Waals surface area contributed by atoms with Gasteiger partial charge < -0.3 is 10.2 Å². The lowest BCUT2D eigenvalue weighted by atomic mass is 10.1. The van der Waals surface area contributed by atoms with Gasteiger partial charge in [0.2, 0.25) is 11.8 Å². The van der Waals surface area contributed by atoms with Crippen molar-refractivity contribution in [1.29, 1.82) is 0 Å². The summed E-state index contributed by atoms with van der Waals surface area (Å²) in [5.41, 5.74) is 0.591. The molecule has 2 rings (SSSR count). The second kappa shape index (κ2) is 10.9. The number of nitrogens with one attached hydrogen (secondary N) is 1. The van der Waals surface area contributed by atoms with Crippen molar-refractivity contribution in [2.24, 2.45) is 0 Å². The Morgan fingerprint density at radius 2 is 1.65 bits per heavy atom. The van der Waals surface area contributed by atoms with Crippen LogP contribution < -0.4 is 5.32 Å². The summed E-state index contributed by atoms with van der Waals surface area (Å²) in [7, 11) is 0. The molecule has 0 aliphatic carbocycles. The van der Waals surface area contributed by atoms with Gasteiger partial charge in [-0.15, -0.1) is 0 Å². The lowest BCUT2D eigenvalue weighted by Crippen LogP contribution is -2.50. The second-order valence-corrected chi connectivity index (χ2v) is 6.88. The van der Waals surface area contributed by atoms with Crippen LogP contribution >= 0.6 is 0 Å². The zero-order valence-electron chi connectivity index (χ0n) is 15.7. The molecule has 1 aromatic rings. The van der Waals surface area contributed by atoms with E-state index in [1.165, 1.54) is 31.4 Å². The van der Waals surface area contributed by atoms with Crippen LogP contribution in [0.5, 0.6) is 0 Å². The number of benzene rings is 1. The van der Waals surface area contributed by atoms with Crippen molar-refractivity contribution >= 4 is 17.5 Å². The van der Waals surface area contributed by atoms with Gasteiger partial charge in [-0.25, -0.2) is 4.39 Å². The first-order chi connectivity index (χ1) is 12.6. The SMILES string of the molecule is CCCCCCCC(=O)N1CCN(CC(=O)Nc2ccc(F)cc2)CC1. The second-order valence-electron chi connectivity index (χ2n) is 6.88. The predicted molar refractivity (Wildman–Crippen MR) is 101 cm³/mol. The highest BCUT2D eigenvalue weighted by molar-refractivity contribution is 5.92. The molecule has 6 heteroatoms. The molecule has 144 valence electrons. The molecule has 0 spiro atoms. The number of halogens is 1. The third-order valence-corrected chi connectivity index (χ3v) is 4.71. The number of amides is 2. The van der Waals surface area contributed by atoms with E-state index in [2.05, 4.69) is 12.2 Å². The van der Waals surface area contributed by atoms with Gasteiger partial charge in [0.1, 0.15) is 5.82 Å². The summed E-state index contributed by atoms with van der Waals surface area (Å²) in [6.07, 6.45) is 6.40. The lowest BCUT2D eigenvalue weighted by Gasteiger charge is -2.34. The van der Waals surface area contributed by atoms with Crippen molar-refractivity contribution in [3.05, 3.63) is 30.1 Å². The Labute approximate surface area is 155 Å². The summed E-state index contributed by atoms with van der Waals surface area (Å²) in [5.74, 6) is -0.210. The number of anilines is 1. The molecule has 26 heavy (non-hydrogen) atoms. The van der Waals surface area contributed by atoms with Crippen LogP contribution in [0.25, 0.3) is 0 Å². The fourth-order valence-corrected chi connectivity index (χ4v) is 3.13. The molecule has 5 nitrogen and oxygen atoms in total. The lowest BCUT2D eigenvalue weighted by molar-refractivity contribution is -0.133. The van der Waals surface area contributed by atoms with Gasteiger partial charge in [0, 0.05) is 38.3 Å². The van der Waals surface area contributed by atoms with E-state index >= 15 is 0 Å². The van der Waals surface area contributed by atoms with Crippen LogP contribution in [0.1, 0.15) is 45.4 Å². The Morgan fingerprint density at radius 1 is 1.00 bits per heavy atom. The van der Waals surface area contributed by atoms with Crippen molar-refractivity contribution in [3.63, 3.8) is 0 Å². The average Bonchev–Trinajstić information content (AvgIpc) is 2.64. The number of unbranched alkanes of at least 4 members (excludes halogenated alkanes) is 4. The Hall–Kier alpha value is -1.95. The van der Waals surface area contributed by atoms with Gasteiger partial charge in [-0.2, -0.15) is 0 Å². The third-order valence-electron chi connectivity index (χ3n) is 4.71. The summed E-state index contributed by atoms with van der Waals surface area (Å²) < 4.78 is 12.9. The van der Waals surface area contributed by atoms with Gasteiger partial charge in [0.05, 0.1) is 6.54 Å². The summed E-state index contributed by atoms with van der Waals surface area (Å²) in [4.78, 5) is 28.3. The van der Waals surface area contributed by atoms with Crippen molar-refractivity contribution < 1.29 is 14.0 Å². The molecule has 1 fully saturated rings. The van der Waals surface area contributed by atoms with E-state index in [0.717, 1.165) is 12.8 Å². The van der Waals surface area contributed by atoms with E-state index in [-0.39, 0.29) is 24.2 Å². The van der Waals surface area contributed by atoms with Crippen LogP contribution in [0, 0.1) is 5.82 Å². The standard InChI is InChI=1S/C20H30FN3O2/c1-2-3-4-5-6-7-20(26)24-14-12-23(13-15-24)16-19(25)22-18-10-8-17(21)9-11-18/h8-11H,2-7,12-16H2,1H3,(H,22,25). The average molecular weight is 363 g/mol. The molecular formula is C20H30FN3O2. The maximum absolute atomic E-state index is 12.9. The number of nitrogens with zero attached hydrogens (tertiary/aromatic N) is 2. The molecule has 1 saturated heterocycles. The zero-order chi connectivity index (χ0) is 18.8. The van der Waals surface area contributed by atoms with Gasteiger partial charge in [-0.1, -0.05) is 32.6 Å². The minimum atomic E-state index is -0.325. The monoisotopic (exact) mass is 363 g/mol. The minimum absolute atomic E-state index is 0.118. The maximum Gasteiger partial charge on any atom is 0.238 e. The van der Waals surface area contributed by atoms with E-state index in [4.69, 9.17) is 0 Å². The Morgan fingerprint density at radius 3 is 2.31 bits per heavy atom. The quantitative estimate of drug-likeness (QED) is 0.685. The number of piperazine rings is 1. The normalized spacial score (nSPS) is 15.1. The molecule has 2 amide bonds. The Balaban J connectivity index is 1.63. The molecule has 0 radical (unpaired) electrons. The fourth-order valence-electron chi connectivity index (χ4n) is 3.13. The van der Waals surface area contributed by atoms with Crippen molar-refractivity contribution in [2.45, 2.75) is 45.4 Å². The molecule has 0 saturated carbocycles. The van der Waals surface area contributed by atoms with Gasteiger partial charge in [0.25, 0.3) is 0 Å². The summed E-state index contributed by atoms with van der Waals surface area (Å²) >= 11 is 0. The number of rotatable bonds is 9. The molecular weight excluding hydrogens is 333 g/mol. The smallest absolute Gasteiger partial charge is 0.238 e. The molecule has 0 bridgehead atoms. The first-order valence-electron chi connectivity index (χ1n) is 9.64. The molecule has 1 aliphatic heterocycles. The maximum atomic E-state index is 12.9. The summed E-state index contributed by atoms with van der Waals surface area (Å²) in [6.45, 7) is 5.24. The number of carbonyl (C=O) groups is 2. The van der Waals surface area contributed by atoms with Crippen molar-refractivity contribution in [2.75, 3.05) is 38.0 Å². The van der Waals surface area contributed by atoms with Crippen LogP contribution in [0.3, 0.4) is 0 Å². The highest BCUT2D eigenvalue weighted by atomic mass is 19.1. The largest absolute Gasteiger partial charge is 0.340 e. The number of hydrogen-bond donors (Lipinski definition) is 1. The number of hydrogen-bond acceptors (Lipinski definition) is 3. The van der Waals surface area contributed by atoms with E-state index in [9.17, 15) is 14.0 Å². The van der Waals surface area contributed by atoms with Gasteiger partial charge in [-0.05, 0) is 30.7 Å². The van der Waals surface area contributed by atoms with E-state index in [0.29, 0.717) is 38.3 Å². The van der Waals surface area contributed by atoms with Gasteiger partial charge in [-0.3, -0.25) is 14.5 Å². The zero-order valence-corrected chi connectivity index (χ0v) is 15.7. The Bertz CT molecular complexity index is 569. The van der Waals surface area contributed by atoms with Crippen molar-refractivity contribution in [1.82, 2.24) is 9.80 Å². The molecule has 0 atom stereocenters.